The minimum Gasteiger partial charge on any atom is -0.508 e. The summed E-state index contributed by atoms with van der Waals surface area (Å²) in [5.41, 5.74) is 0.961. The Balaban J connectivity index is 2.07. The molecular weight excluding hydrogens is 318 g/mol. The van der Waals surface area contributed by atoms with E-state index in [1.54, 1.807) is 6.07 Å². The van der Waals surface area contributed by atoms with Crippen LogP contribution >= 0.6 is 15.9 Å². The molecule has 0 saturated heterocycles. The highest BCUT2D eigenvalue weighted by Crippen LogP contribution is 2.38. The molecule has 1 aromatic rings. The lowest BCUT2D eigenvalue weighted by Crippen LogP contribution is -2.37. The smallest absolute Gasteiger partial charge is 0.120 e. The van der Waals surface area contributed by atoms with E-state index in [0.717, 1.165) is 35.8 Å². The second kappa shape index (κ2) is 6.92. The average molecular weight is 342 g/mol. The molecule has 1 atom stereocenters. The Labute approximate surface area is 129 Å². The molecule has 0 bridgehead atoms. The second-order valence-electron chi connectivity index (χ2n) is 5.91. The summed E-state index contributed by atoms with van der Waals surface area (Å²) in [7, 11) is 0. The van der Waals surface area contributed by atoms with E-state index < -0.39 is 0 Å². The first-order valence-corrected chi connectivity index (χ1v) is 8.22. The van der Waals surface area contributed by atoms with Crippen LogP contribution in [-0.4, -0.2) is 23.4 Å². The number of halogens is 1. The average Bonchev–Trinajstić information content (AvgIpc) is 2.92. The number of aliphatic hydroxyl groups excluding tert-OH is 1. The molecule has 0 amide bonds. The minimum atomic E-state index is 0.0368. The van der Waals surface area contributed by atoms with Gasteiger partial charge in [0.1, 0.15) is 5.75 Å². The number of rotatable bonds is 6. The van der Waals surface area contributed by atoms with Gasteiger partial charge in [0.15, 0.2) is 0 Å². The van der Waals surface area contributed by atoms with Crippen LogP contribution in [0.4, 0.5) is 0 Å². The Morgan fingerprint density at radius 3 is 2.65 bits per heavy atom. The van der Waals surface area contributed by atoms with Crippen molar-refractivity contribution in [3.8, 4) is 5.75 Å². The van der Waals surface area contributed by atoms with Crippen LogP contribution < -0.4 is 5.32 Å². The molecule has 0 radical (unpaired) electrons. The zero-order chi connectivity index (χ0) is 14.6. The number of nitrogens with one attached hydrogen (secondary N) is 1. The summed E-state index contributed by atoms with van der Waals surface area (Å²) in [5, 5.41) is 23.3. The molecule has 1 unspecified atom stereocenters. The van der Waals surface area contributed by atoms with E-state index in [1.807, 2.05) is 12.1 Å². The number of aliphatic hydroxyl groups is 1. The Hall–Kier alpha value is -0.580. The van der Waals surface area contributed by atoms with Crippen molar-refractivity contribution < 1.29 is 10.2 Å². The fraction of sp³-hybridized carbons (Fsp3) is 0.625. The quantitative estimate of drug-likeness (QED) is 0.738. The monoisotopic (exact) mass is 341 g/mol. The van der Waals surface area contributed by atoms with Gasteiger partial charge < -0.3 is 15.5 Å². The topological polar surface area (TPSA) is 52.5 Å². The summed E-state index contributed by atoms with van der Waals surface area (Å²) < 4.78 is 0.975. The van der Waals surface area contributed by atoms with Gasteiger partial charge in [0.25, 0.3) is 0 Å². The maximum absolute atomic E-state index is 10.0. The number of hydrogen-bond donors (Lipinski definition) is 3. The first-order chi connectivity index (χ1) is 9.60. The molecule has 1 aromatic carbocycles. The van der Waals surface area contributed by atoms with Crippen LogP contribution in [0.1, 0.15) is 50.6 Å². The highest BCUT2D eigenvalue weighted by Gasteiger charge is 2.33. The van der Waals surface area contributed by atoms with Crippen LogP contribution in [0.25, 0.3) is 0 Å². The maximum atomic E-state index is 10.0. The standard InChI is InChI=1S/C16H24BrNO2/c1-2-14(13-9-12(17)5-6-15(13)20)18-10-16(11-19)7-3-4-8-16/h5-6,9,14,18-20H,2-4,7-8,10-11H2,1H3. The lowest BCUT2D eigenvalue weighted by atomic mass is 9.86. The molecule has 1 aliphatic carbocycles. The van der Waals surface area contributed by atoms with Gasteiger partial charge in [-0.1, -0.05) is 35.7 Å². The van der Waals surface area contributed by atoms with E-state index in [-0.39, 0.29) is 18.1 Å². The SMILES string of the molecule is CCC(NCC1(CO)CCCC1)c1cc(Br)ccc1O. The van der Waals surface area contributed by atoms with Gasteiger partial charge in [0.2, 0.25) is 0 Å². The van der Waals surface area contributed by atoms with Gasteiger partial charge in [-0.25, -0.2) is 0 Å². The number of benzene rings is 1. The minimum absolute atomic E-state index is 0.0368. The first-order valence-electron chi connectivity index (χ1n) is 7.43. The van der Waals surface area contributed by atoms with E-state index >= 15 is 0 Å². The fourth-order valence-corrected chi connectivity index (χ4v) is 3.51. The highest BCUT2D eigenvalue weighted by atomic mass is 79.9. The third-order valence-electron chi connectivity index (χ3n) is 4.50. The van der Waals surface area contributed by atoms with E-state index in [9.17, 15) is 10.2 Å². The first kappa shape index (κ1) is 15.8. The van der Waals surface area contributed by atoms with Crippen molar-refractivity contribution in [1.82, 2.24) is 5.32 Å². The van der Waals surface area contributed by atoms with E-state index in [1.165, 1.54) is 12.8 Å². The number of phenolic OH excluding ortho intramolecular Hbond substituents is 1. The number of hydrogen-bond acceptors (Lipinski definition) is 3. The van der Waals surface area contributed by atoms with E-state index in [0.29, 0.717) is 5.75 Å². The van der Waals surface area contributed by atoms with Crippen molar-refractivity contribution in [3.05, 3.63) is 28.2 Å². The Bertz CT molecular complexity index is 444. The van der Waals surface area contributed by atoms with Gasteiger partial charge in [-0.15, -0.1) is 0 Å². The van der Waals surface area contributed by atoms with Crippen molar-refractivity contribution in [1.29, 1.82) is 0 Å². The number of phenols is 1. The zero-order valence-electron chi connectivity index (χ0n) is 12.0. The van der Waals surface area contributed by atoms with Crippen molar-refractivity contribution in [2.75, 3.05) is 13.2 Å². The molecular formula is C16H24BrNO2. The van der Waals surface area contributed by atoms with Crippen LogP contribution in [0.15, 0.2) is 22.7 Å². The molecule has 112 valence electrons. The molecule has 3 N–H and O–H groups in total. The molecule has 2 rings (SSSR count). The van der Waals surface area contributed by atoms with Gasteiger partial charge in [-0.2, -0.15) is 0 Å². The highest BCUT2D eigenvalue weighted by molar-refractivity contribution is 9.10. The van der Waals surface area contributed by atoms with Crippen LogP contribution in [0, 0.1) is 5.41 Å². The molecule has 0 aromatic heterocycles. The molecule has 3 nitrogen and oxygen atoms in total. The molecule has 4 heteroatoms. The second-order valence-corrected chi connectivity index (χ2v) is 6.83. The summed E-state index contributed by atoms with van der Waals surface area (Å²) in [5.74, 6) is 0.331. The lowest BCUT2D eigenvalue weighted by molar-refractivity contribution is 0.124. The van der Waals surface area contributed by atoms with Gasteiger partial charge in [0.05, 0.1) is 0 Å². The van der Waals surface area contributed by atoms with Gasteiger partial charge in [-0.3, -0.25) is 0 Å². The van der Waals surface area contributed by atoms with Crippen molar-refractivity contribution >= 4 is 15.9 Å². The molecule has 1 fully saturated rings. The van der Waals surface area contributed by atoms with Gasteiger partial charge in [-0.05, 0) is 37.5 Å². The number of aromatic hydroxyl groups is 1. The third-order valence-corrected chi connectivity index (χ3v) is 4.99. The maximum Gasteiger partial charge on any atom is 0.120 e. The molecule has 0 spiro atoms. The van der Waals surface area contributed by atoms with Crippen molar-refractivity contribution in [2.45, 2.75) is 45.1 Å². The van der Waals surface area contributed by atoms with Crippen LogP contribution in [-0.2, 0) is 0 Å². The van der Waals surface area contributed by atoms with E-state index in [4.69, 9.17) is 0 Å². The Morgan fingerprint density at radius 1 is 1.35 bits per heavy atom. The third kappa shape index (κ3) is 3.54. The normalized spacial score (nSPS) is 19.1. The lowest BCUT2D eigenvalue weighted by Gasteiger charge is -2.30. The van der Waals surface area contributed by atoms with Gasteiger partial charge in [0, 0.05) is 34.6 Å². The summed E-state index contributed by atoms with van der Waals surface area (Å²) in [6.07, 6.45) is 5.52. The summed E-state index contributed by atoms with van der Waals surface area (Å²) in [6.45, 7) is 3.17. The predicted molar refractivity (Wildman–Crippen MR) is 84.8 cm³/mol. The van der Waals surface area contributed by atoms with Crippen molar-refractivity contribution in [2.24, 2.45) is 5.41 Å². The van der Waals surface area contributed by atoms with E-state index in [2.05, 4.69) is 28.2 Å². The van der Waals surface area contributed by atoms with Crippen LogP contribution in [0.3, 0.4) is 0 Å². The summed E-state index contributed by atoms with van der Waals surface area (Å²) in [6, 6.07) is 5.66. The van der Waals surface area contributed by atoms with Crippen LogP contribution in [0.5, 0.6) is 5.75 Å². The molecule has 1 saturated carbocycles. The largest absolute Gasteiger partial charge is 0.508 e. The summed E-state index contributed by atoms with van der Waals surface area (Å²) in [4.78, 5) is 0. The van der Waals surface area contributed by atoms with Crippen LogP contribution in [0.2, 0.25) is 0 Å². The fourth-order valence-electron chi connectivity index (χ4n) is 3.13. The van der Waals surface area contributed by atoms with Crippen molar-refractivity contribution in [3.63, 3.8) is 0 Å². The van der Waals surface area contributed by atoms with Gasteiger partial charge >= 0.3 is 0 Å². The summed E-state index contributed by atoms with van der Waals surface area (Å²) >= 11 is 3.46. The zero-order valence-corrected chi connectivity index (χ0v) is 13.6. The molecule has 0 aliphatic heterocycles. The predicted octanol–water partition coefficient (Wildman–Crippen LogP) is 3.75. The molecule has 0 heterocycles. The Kier molecular flexibility index (Phi) is 5.47. The molecule has 1 aliphatic rings. The Morgan fingerprint density at radius 2 is 2.05 bits per heavy atom. The molecule has 20 heavy (non-hydrogen) atoms.